The number of amides is 2. The maximum absolute atomic E-state index is 12.2. The Morgan fingerprint density at radius 2 is 1.89 bits per heavy atom. The average molecular weight is 512 g/mol. The molecule has 200 valence electrons. The average Bonchev–Trinajstić information content (AvgIpc) is 3.39. The number of hydrogen-bond acceptors (Lipinski definition) is 8. The number of likely N-dealkylation sites (N-methyl/N-ethyl adjacent to an activating group) is 1. The predicted molar refractivity (Wildman–Crippen MR) is 142 cm³/mol. The molecule has 4 atom stereocenters. The van der Waals surface area contributed by atoms with Crippen LogP contribution < -0.4 is 16.4 Å². The Labute approximate surface area is 216 Å². The van der Waals surface area contributed by atoms with Gasteiger partial charge < -0.3 is 40.8 Å². The van der Waals surface area contributed by atoms with Gasteiger partial charge in [-0.2, -0.15) is 0 Å². The van der Waals surface area contributed by atoms with Crippen LogP contribution in [0.5, 0.6) is 0 Å². The fourth-order valence-electron chi connectivity index (χ4n) is 4.48. The number of urea groups is 1. The summed E-state index contributed by atoms with van der Waals surface area (Å²) in [6.45, 7) is 8.02. The van der Waals surface area contributed by atoms with Crippen molar-refractivity contribution >= 4 is 28.6 Å². The zero-order valence-corrected chi connectivity index (χ0v) is 21.8. The molecule has 11 nitrogen and oxygen atoms in total. The van der Waals surface area contributed by atoms with Gasteiger partial charge in [0, 0.05) is 25.0 Å². The second-order valence-electron chi connectivity index (χ2n) is 10.6. The Bertz CT molecular complexity index is 1210. The molecule has 3 heterocycles. The van der Waals surface area contributed by atoms with Gasteiger partial charge in [-0.3, -0.25) is 0 Å². The minimum atomic E-state index is -1.12. The van der Waals surface area contributed by atoms with Crippen molar-refractivity contribution < 1.29 is 19.7 Å². The number of nitrogens with two attached hydrogens (primary N) is 1. The third kappa shape index (κ3) is 6.19. The quantitative estimate of drug-likeness (QED) is 0.288. The standard InChI is InChI=1S/C26H37N7O4/c1-26(2,3)16-6-8-17(9-7-16)31-25(36)28-11-5-12-32(4)14-19-20(34)21(35)24(37-19)33-13-10-18-22(27)29-15-30-23(18)33/h6-10,13,15,19-21,24,34-35H,5,11-12,14H2,1-4H3,(H2,27,29,30)(H2,28,31,36)/t19-,20-,21-,24-/m1/s1. The molecule has 3 aromatic rings. The van der Waals surface area contributed by atoms with E-state index >= 15 is 0 Å². The van der Waals surface area contributed by atoms with Crippen LogP contribution in [0.15, 0.2) is 42.9 Å². The fourth-order valence-corrected chi connectivity index (χ4v) is 4.48. The second kappa shape index (κ2) is 11.0. The van der Waals surface area contributed by atoms with Gasteiger partial charge in [0.05, 0.1) is 5.39 Å². The summed E-state index contributed by atoms with van der Waals surface area (Å²) in [7, 11) is 1.91. The van der Waals surface area contributed by atoms with Gasteiger partial charge >= 0.3 is 6.03 Å². The van der Waals surface area contributed by atoms with E-state index in [1.807, 2.05) is 36.2 Å². The lowest BCUT2D eigenvalue weighted by atomic mass is 9.87. The summed E-state index contributed by atoms with van der Waals surface area (Å²) in [5.74, 6) is 0.341. The number of anilines is 2. The first-order chi connectivity index (χ1) is 17.5. The molecule has 0 spiro atoms. The van der Waals surface area contributed by atoms with E-state index in [1.165, 1.54) is 11.9 Å². The molecule has 0 radical (unpaired) electrons. The lowest BCUT2D eigenvalue weighted by molar-refractivity contribution is -0.0419. The van der Waals surface area contributed by atoms with Crippen molar-refractivity contribution in [2.45, 2.75) is 57.1 Å². The largest absolute Gasteiger partial charge is 0.387 e. The Kier molecular flexibility index (Phi) is 7.98. The minimum Gasteiger partial charge on any atom is -0.387 e. The van der Waals surface area contributed by atoms with Gasteiger partial charge in [0.15, 0.2) is 6.23 Å². The predicted octanol–water partition coefficient (Wildman–Crippen LogP) is 2.07. The lowest BCUT2D eigenvalue weighted by Gasteiger charge is -2.23. The van der Waals surface area contributed by atoms with Gasteiger partial charge in [-0.25, -0.2) is 14.8 Å². The van der Waals surface area contributed by atoms with Crippen LogP contribution in [0.2, 0.25) is 0 Å². The normalized spacial score (nSPS) is 22.0. The highest BCUT2D eigenvalue weighted by Crippen LogP contribution is 2.33. The molecule has 11 heteroatoms. The first kappa shape index (κ1) is 26.8. The van der Waals surface area contributed by atoms with E-state index in [1.54, 1.807) is 16.8 Å². The molecule has 0 saturated carbocycles. The third-order valence-corrected chi connectivity index (χ3v) is 6.65. The van der Waals surface area contributed by atoms with Gasteiger partial charge in [0.2, 0.25) is 0 Å². The number of nitrogen functional groups attached to an aromatic ring is 1. The van der Waals surface area contributed by atoms with Crippen LogP contribution in [-0.2, 0) is 10.2 Å². The number of ether oxygens (including phenoxy) is 1. The van der Waals surface area contributed by atoms with E-state index in [0.717, 1.165) is 5.69 Å². The summed E-state index contributed by atoms with van der Waals surface area (Å²) >= 11 is 0. The molecule has 37 heavy (non-hydrogen) atoms. The van der Waals surface area contributed by atoms with Crippen LogP contribution >= 0.6 is 0 Å². The van der Waals surface area contributed by atoms with E-state index in [9.17, 15) is 15.0 Å². The number of carbonyl (C=O) groups excluding carboxylic acids is 1. The van der Waals surface area contributed by atoms with Crippen LogP contribution in [-0.4, -0.2) is 80.7 Å². The fraction of sp³-hybridized carbons (Fsp3) is 0.500. The zero-order valence-electron chi connectivity index (χ0n) is 21.8. The first-order valence-corrected chi connectivity index (χ1v) is 12.5. The molecule has 1 aliphatic rings. The number of benzene rings is 1. The highest BCUT2D eigenvalue weighted by atomic mass is 16.6. The Balaban J connectivity index is 1.21. The molecule has 4 rings (SSSR count). The molecular weight excluding hydrogens is 474 g/mol. The van der Waals surface area contributed by atoms with Gasteiger partial charge in [0.25, 0.3) is 0 Å². The molecule has 1 aliphatic heterocycles. The summed E-state index contributed by atoms with van der Waals surface area (Å²) in [4.78, 5) is 22.4. The molecule has 2 amide bonds. The maximum Gasteiger partial charge on any atom is 0.319 e. The van der Waals surface area contributed by atoms with Gasteiger partial charge in [-0.1, -0.05) is 32.9 Å². The van der Waals surface area contributed by atoms with E-state index in [-0.39, 0.29) is 11.4 Å². The number of nitrogens with zero attached hydrogens (tertiary/aromatic N) is 4. The number of rotatable bonds is 8. The highest BCUT2D eigenvalue weighted by Gasteiger charge is 2.44. The molecule has 1 aromatic carbocycles. The zero-order chi connectivity index (χ0) is 26.7. The van der Waals surface area contributed by atoms with E-state index in [2.05, 4.69) is 41.4 Å². The number of aromatic nitrogens is 3. The van der Waals surface area contributed by atoms with Crippen molar-refractivity contribution in [1.82, 2.24) is 24.8 Å². The van der Waals surface area contributed by atoms with Crippen LogP contribution in [0, 0.1) is 0 Å². The Morgan fingerprint density at radius 3 is 2.59 bits per heavy atom. The van der Waals surface area contributed by atoms with E-state index in [0.29, 0.717) is 42.9 Å². The number of fused-ring (bicyclic) bond motifs is 1. The van der Waals surface area contributed by atoms with Crippen molar-refractivity contribution in [2.75, 3.05) is 37.7 Å². The second-order valence-corrected chi connectivity index (χ2v) is 10.6. The van der Waals surface area contributed by atoms with Crippen LogP contribution in [0.1, 0.15) is 39.0 Å². The van der Waals surface area contributed by atoms with Crippen molar-refractivity contribution in [3.63, 3.8) is 0 Å². The maximum atomic E-state index is 12.2. The summed E-state index contributed by atoms with van der Waals surface area (Å²) < 4.78 is 7.70. The van der Waals surface area contributed by atoms with E-state index < -0.39 is 24.5 Å². The van der Waals surface area contributed by atoms with Crippen LogP contribution in [0.3, 0.4) is 0 Å². The van der Waals surface area contributed by atoms with Gasteiger partial charge in [-0.15, -0.1) is 0 Å². The van der Waals surface area contributed by atoms with Crippen molar-refractivity contribution in [1.29, 1.82) is 0 Å². The van der Waals surface area contributed by atoms with Crippen molar-refractivity contribution in [2.24, 2.45) is 0 Å². The van der Waals surface area contributed by atoms with Gasteiger partial charge in [0.1, 0.15) is 36.1 Å². The summed E-state index contributed by atoms with van der Waals surface area (Å²) in [5.41, 5.74) is 8.45. The lowest BCUT2D eigenvalue weighted by Crippen LogP contribution is -2.39. The number of aliphatic hydroxyl groups excluding tert-OH is 2. The number of nitrogens with one attached hydrogen (secondary N) is 2. The Hall–Kier alpha value is -3.25. The molecule has 6 N–H and O–H groups in total. The smallest absolute Gasteiger partial charge is 0.319 e. The van der Waals surface area contributed by atoms with Crippen LogP contribution in [0.25, 0.3) is 11.0 Å². The van der Waals surface area contributed by atoms with Gasteiger partial charge in [-0.05, 0) is 49.2 Å². The summed E-state index contributed by atoms with van der Waals surface area (Å²) in [6, 6.07) is 9.36. The molecule has 0 aliphatic carbocycles. The molecule has 1 saturated heterocycles. The SMILES string of the molecule is CN(CCCNC(=O)Nc1ccc(C(C)(C)C)cc1)C[C@H]1O[C@@H](n2ccc3c(N)ncnc32)[C@H](O)[C@@H]1O. The molecular formula is C26H37N7O4. The molecule has 2 aromatic heterocycles. The number of aliphatic hydroxyl groups is 2. The molecule has 1 fully saturated rings. The van der Waals surface area contributed by atoms with E-state index in [4.69, 9.17) is 10.5 Å². The minimum absolute atomic E-state index is 0.0610. The highest BCUT2D eigenvalue weighted by molar-refractivity contribution is 5.89. The van der Waals surface area contributed by atoms with Crippen LogP contribution in [0.4, 0.5) is 16.3 Å². The number of carbonyl (C=O) groups is 1. The monoisotopic (exact) mass is 511 g/mol. The van der Waals surface area contributed by atoms with Crippen molar-refractivity contribution in [3.05, 3.63) is 48.4 Å². The molecule has 0 bridgehead atoms. The first-order valence-electron chi connectivity index (χ1n) is 12.5. The third-order valence-electron chi connectivity index (χ3n) is 6.65. The summed E-state index contributed by atoms with van der Waals surface area (Å²) in [5, 5.41) is 27.6. The summed E-state index contributed by atoms with van der Waals surface area (Å²) in [6.07, 6.45) is 0.231. The van der Waals surface area contributed by atoms with Crippen molar-refractivity contribution in [3.8, 4) is 0 Å². The number of hydrogen-bond donors (Lipinski definition) is 5. The Morgan fingerprint density at radius 1 is 1.16 bits per heavy atom. The molecule has 0 unspecified atom stereocenters. The topological polar surface area (TPSA) is 151 Å².